The van der Waals surface area contributed by atoms with Crippen LogP contribution in [0.5, 0.6) is 0 Å². The molecule has 2 rings (SSSR count). The normalized spacial score (nSPS) is 19.0. The van der Waals surface area contributed by atoms with Gasteiger partial charge in [-0.3, -0.25) is 14.2 Å². The number of carbonyl (C=O) groups excluding carboxylic acids is 1. The Balaban J connectivity index is 2.24. The van der Waals surface area contributed by atoms with Gasteiger partial charge in [-0.25, -0.2) is 0 Å². The van der Waals surface area contributed by atoms with E-state index >= 15 is 0 Å². The van der Waals surface area contributed by atoms with Crippen molar-refractivity contribution < 1.29 is 4.79 Å². The third kappa shape index (κ3) is 2.60. The maximum atomic E-state index is 11.8. The molecule has 0 saturated carbocycles. The van der Waals surface area contributed by atoms with E-state index in [1.54, 1.807) is 4.57 Å². The summed E-state index contributed by atoms with van der Waals surface area (Å²) in [5.74, 6) is 0.260. The molecule has 1 aromatic rings. The first-order valence-corrected chi connectivity index (χ1v) is 6.93. The van der Waals surface area contributed by atoms with Crippen LogP contribution < -0.4 is 10.6 Å². The van der Waals surface area contributed by atoms with E-state index in [-0.39, 0.29) is 11.4 Å². The van der Waals surface area contributed by atoms with Gasteiger partial charge in [-0.2, -0.15) is 0 Å². The number of carbonyl (C=O) groups is 1. The van der Waals surface area contributed by atoms with Crippen LogP contribution >= 0.6 is 11.3 Å². The van der Waals surface area contributed by atoms with Gasteiger partial charge in [0.25, 0.3) is 0 Å². The molecule has 1 aromatic heterocycles. The lowest BCUT2D eigenvalue weighted by Crippen LogP contribution is -2.27. The first-order valence-electron chi connectivity index (χ1n) is 6.11. The predicted octanol–water partition coefficient (Wildman–Crippen LogP) is 1.30. The SMILES string of the molecule is CCCC1CCc2c(sc(=O)n2CC(N)=O)C1. The van der Waals surface area contributed by atoms with Crippen LogP contribution in [-0.2, 0) is 24.2 Å². The van der Waals surface area contributed by atoms with E-state index in [1.165, 1.54) is 29.1 Å². The van der Waals surface area contributed by atoms with Crippen LogP contribution in [0.3, 0.4) is 0 Å². The van der Waals surface area contributed by atoms with Gasteiger partial charge in [0.15, 0.2) is 0 Å². The van der Waals surface area contributed by atoms with Gasteiger partial charge in [0.05, 0.1) is 0 Å². The van der Waals surface area contributed by atoms with Crippen molar-refractivity contribution in [1.82, 2.24) is 4.57 Å². The lowest BCUT2D eigenvalue weighted by atomic mass is 9.88. The average Bonchev–Trinajstić information content (AvgIpc) is 2.55. The molecule has 0 saturated heterocycles. The second-order valence-corrected chi connectivity index (χ2v) is 5.73. The summed E-state index contributed by atoms with van der Waals surface area (Å²) in [4.78, 5) is 23.9. The van der Waals surface area contributed by atoms with Crippen LogP contribution in [0.4, 0.5) is 0 Å². The summed E-state index contributed by atoms with van der Waals surface area (Å²) in [5, 5.41) is 0. The number of aromatic nitrogens is 1. The van der Waals surface area contributed by atoms with E-state index in [0.717, 1.165) is 25.0 Å². The molecule has 0 aliphatic heterocycles. The topological polar surface area (TPSA) is 65.1 Å². The summed E-state index contributed by atoms with van der Waals surface area (Å²) < 4.78 is 1.56. The van der Waals surface area contributed by atoms with Gasteiger partial charge in [-0.05, 0) is 25.2 Å². The second-order valence-electron chi connectivity index (χ2n) is 4.69. The highest BCUT2D eigenvalue weighted by molar-refractivity contribution is 7.09. The molecule has 0 fully saturated rings. The summed E-state index contributed by atoms with van der Waals surface area (Å²) >= 11 is 1.29. The highest BCUT2D eigenvalue weighted by atomic mass is 32.1. The summed E-state index contributed by atoms with van der Waals surface area (Å²) in [6.07, 6.45) is 5.44. The minimum Gasteiger partial charge on any atom is -0.368 e. The fourth-order valence-electron chi connectivity index (χ4n) is 2.59. The molecule has 1 aliphatic carbocycles. The molecule has 1 amide bonds. The van der Waals surface area contributed by atoms with Crippen molar-refractivity contribution in [2.24, 2.45) is 11.7 Å². The van der Waals surface area contributed by atoms with Crippen LogP contribution in [0.15, 0.2) is 4.79 Å². The van der Waals surface area contributed by atoms with Gasteiger partial charge in [-0.1, -0.05) is 31.1 Å². The number of nitrogens with two attached hydrogens (primary N) is 1. The molecule has 5 heteroatoms. The summed E-state index contributed by atoms with van der Waals surface area (Å²) in [7, 11) is 0. The molecule has 0 spiro atoms. The molecular formula is C12H18N2O2S. The highest BCUT2D eigenvalue weighted by Gasteiger charge is 2.24. The lowest BCUT2D eigenvalue weighted by molar-refractivity contribution is -0.118. The number of hydrogen-bond donors (Lipinski definition) is 1. The smallest absolute Gasteiger partial charge is 0.308 e. The van der Waals surface area contributed by atoms with Crippen molar-refractivity contribution in [3.05, 3.63) is 20.2 Å². The number of rotatable bonds is 4. The number of amides is 1. The zero-order chi connectivity index (χ0) is 12.4. The molecule has 2 N–H and O–H groups in total. The van der Waals surface area contributed by atoms with E-state index < -0.39 is 5.91 Å². The molecule has 1 heterocycles. The van der Waals surface area contributed by atoms with Crippen molar-refractivity contribution in [3.63, 3.8) is 0 Å². The van der Waals surface area contributed by atoms with Crippen LogP contribution in [-0.4, -0.2) is 10.5 Å². The standard InChI is InChI=1S/C12H18N2O2S/c1-2-3-8-4-5-9-10(6-8)17-12(16)14(9)7-11(13)15/h8H,2-7H2,1H3,(H2,13,15). The molecule has 1 unspecified atom stereocenters. The summed E-state index contributed by atoms with van der Waals surface area (Å²) in [5.41, 5.74) is 6.21. The maximum absolute atomic E-state index is 11.8. The van der Waals surface area contributed by atoms with E-state index in [4.69, 9.17) is 5.73 Å². The van der Waals surface area contributed by atoms with Crippen LogP contribution in [0, 0.1) is 5.92 Å². The Morgan fingerprint density at radius 1 is 1.59 bits per heavy atom. The Bertz CT molecular complexity index is 475. The molecule has 0 aromatic carbocycles. The zero-order valence-electron chi connectivity index (χ0n) is 10.1. The fraction of sp³-hybridized carbons (Fsp3) is 0.667. The van der Waals surface area contributed by atoms with E-state index in [2.05, 4.69) is 6.92 Å². The maximum Gasteiger partial charge on any atom is 0.308 e. The first kappa shape index (κ1) is 12.4. The van der Waals surface area contributed by atoms with Crippen molar-refractivity contribution in [3.8, 4) is 0 Å². The van der Waals surface area contributed by atoms with E-state index in [9.17, 15) is 9.59 Å². The Labute approximate surface area is 104 Å². The van der Waals surface area contributed by atoms with Gasteiger partial charge < -0.3 is 5.73 Å². The minimum atomic E-state index is -0.441. The average molecular weight is 254 g/mol. The minimum absolute atomic E-state index is 0.0309. The Morgan fingerprint density at radius 2 is 2.35 bits per heavy atom. The highest BCUT2D eigenvalue weighted by Crippen LogP contribution is 2.29. The van der Waals surface area contributed by atoms with Crippen molar-refractivity contribution in [2.45, 2.75) is 45.6 Å². The van der Waals surface area contributed by atoms with E-state index in [0.29, 0.717) is 5.92 Å². The van der Waals surface area contributed by atoms with Gasteiger partial charge in [-0.15, -0.1) is 0 Å². The lowest BCUT2D eigenvalue weighted by Gasteiger charge is -2.22. The van der Waals surface area contributed by atoms with E-state index in [1.807, 2.05) is 0 Å². The number of fused-ring (bicyclic) bond motifs is 1. The molecule has 94 valence electrons. The Hall–Kier alpha value is -1.10. The van der Waals surface area contributed by atoms with Gasteiger partial charge in [0, 0.05) is 10.6 Å². The second kappa shape index (κ2) is 5.04. The molecule has 4 nitrogen and oxygen atoms in total. The zero-order valence-corrected chi connectivity index (χ0v) is 10.9. The van der Waals surface area contributed by atoms with Gasteiger partial charge in [0.2, 0.25) is 5.91 Å². The third-order valence-electron chi connectivity index (χ3n) is 3.35. The van der Waals surface area contributed by atoms with Crippen LogP contribution in [0.25, 0.3) is 0 Å². The quantitative estimate of drug-likeness (QED) is 0.880. The number of nitrogens with zero attached hydrogens (tertiary/aromatic N) is 1. The number of primary amides is 1. The number of thiazole rings is 1. The largest absolute Gasteiger partial charge is 0.368 e. The van der Waals surface area contributed by atoms with Gasteiger partial charge in [0.1, 0.15) is 6.54 Å². The third-order valence-corrected chi connectivity index (χ3v) is 4.40. The molecular weight excluding hydrogens is 236 g/mol. The van der Waals surface area contributed by atoms with Crippen LogP contribution in [0.1, 0.15) is 36.8 Å². The fourth-order valence-corrected chi connectivity index (χ4v) is 3.73. The summed E-state index contributed by atoms with van der Waals surface area (Å²) in [6, 6.07) is 0. The Kier molecular flexibility index (Phi) is 3.66. The monoisotopic (exact) mass is 254 g/mol. The molecule has 1 atom stereocenters. The predicted molar refractivity (Wildman–Crippen MR) is 68.2 cm³/mol. The van der Waals surface area contributed by atoms with Crippen molar-refractivity contribution >= 4 is 17.2 Å². The summed E-state index contributed by atoms with van der Waals surface area (Å²) in [6.45, 7) is 2.22. The molecule has 1 aliphatic rings. The molecule has 0 radical (unpaired) electrons. The Morgan fingerprint density at radius 3 is 3.00 bits per heavy atom. The molecule has 0 bridgehead atoms. The van der Waals surface area contributed by atoms with Crippen molar-refractivity contribution in [1.29, 1.82) is 0 Å². The van der Waals surface area contributed by atoms with Crippen LogP contribution in [0.2, 0.25) is 0 Å². The van der Waals surface area contributed by atoms with Crippen molar-refractivity contribution in [2.75, 3.05) is 0 Å². The number of hydrogen-bond acceptors (Lipinski definition) is 3. The first-order chi connectivity index (χ1) is 8.11. The molecule has 17 heavy (non-hydrogen) atoms. The van der Waals surface area contributed by atoms with Gasteiger partial charge >= 0.3 is 4.87 Å².